The zero-order valence-electron chi connectivity index (χ0n) is 21.5. The highest BCUT2D eigenvalue weighted by molar-refractivity contribution is 6.30. The van der Waals surface area contributed by atoms with Gasteiger partial charge in [0.05, 0.1) is 54.5 Å². The van der Waals surface area contributed by atoms with Crippen LogP contribution in [0.25, 0.3) is 0 Å². The molecule has 2 aromatic rings. The van der Waals surface area contributed by atoms with Crippen LogP contribution in [0.5, 0.6) is 0 Å². The number of amides is 2. The molecule has 1 aliphatic rings. The van der Waals surface area contributed by atoms with E-state index in [-0.39, 0.29) is 28.3 Å². The Morgan fingerprint density at radius 3 is 2.52 bits per heavy atom. The third-order valence-electron chi connectivity index (χ3n) is 6.10. The molecule has 0 fully saturated rings. The van der Waals surface area contributed by atoms with Crippen LogP contribution in [0.2, 0.25) is 5.02 Å². The summed E-state index contributed by atoms with van der Waals surface area (Å²) < 4.78 is 40.8. The Balaban J connectivity index is 1.68. The number of pyridine rings is 1. The quantitative estimate of drug-likeness (QED) is 0.261. The number of alkyl halides is 3. The highest BCUT2D eigenvalue weighted by Gasteiger charge is 2.48. The van der Waals surface area contributed by atoms with Gasteiger partial charge in [-0.3, -0.25) is 24.4 Å². The lowest BCUT2D eigenvalue weighted by atomic mass is 9.82. The van der Waals surface area contributed by atoms with Crippen molar-refractivity contribution >= 4 is 41.0 Å². The molecule has 0 aliphatic carbocycles. The number of aromatic nitrogens is 1. The molecule has 2 heterocycles. The minimum absolute atomic E-state index is 0.0608. The van der Waals surface area contributed by atoms with E-state index in [4.69, 9.17) is 11.6 Å². The highest BCUT2D eigenvalue weighted by Crippen LogP contribution is 2.42. The molecule has 1 aliphatic heterocycles. The van der Waals surface area contributed by atoms with E-state index < -0.39 is 54.5 Å². The standard InChI is InChI=1S/C25H28ClF3N6O5/c1-24(2,25(27,28)29)15-3-13(4-16(26)6-15)19(7-21(38)39)35-20(37)12-31-22(40)14-5-17(9-30-8-14)34-23-32-10-18(36)11-33-23/h3-6,8-9,18-19,36H,7,10-12H2,1-2H3,(H,31,40)(H,35,37)(H,38,39)(H2,32,33,34). The summed E-state index contributed by atoms with van der Waals surface area (Å²) in [5.41, 5.74) is -1.91. The molecule has 1 aromatic carbocycles. The first-order chi connectivity index (χ1) is 18.7. The van der Waals surface area contributed by atoms with Crippen molar-refractivity contribution in [2.75, 3.05) is 25.0 Å². The van der Waals surface area contributed by atoms with E-state index in [2.05, 4.69) is 31.2 Å². The first-order valence-corrected chi connectivity index (χ1v) is 12.4. The number of aliphatic carboxylic acids is 1. The third-order valence-corrected chi connectivity index (χ3v) is 6.32. The van der Waals surface area contributed by atoms with Crippen LogP contribution in [0.3, 0.4) is 0 Å². The summed E-state index contributed by atoms with van der Waals surface area (Å²) in [6, 6.07) is 3.80. The van der Waals surface area contributed by atoms with Crippen molar-refractivity contribution in [1.29, 1.82) is 0 Å². The number of carboxylic acid groups (broad SMARTS) is 1. The van der Waals surface area contributed by atoms with Gasteiger partial charge >= 0.3 is 12.1 Å². The highest BCUT2D eigenvalue weighted by atomic mass is 35.5. The van der Waals surface area contributed by atoms with E-state index in [0.717, 1.165) is 26.0 Å². The van der Waals surface area contributed by atoms with Gasteiger partial charge in [0.1, 0.15) is 0 Å². The third kappa shape index (κ3) is 8.05. The molecule has 40 heavy (non-hydrogen) atoms. The number of nitrogens with zero attached hydrogens (tertiary/aromatic N) is 2. The number of benzene rings is 1. The molecule has 2 unspecified atom stereocenters. The van der Waals surface area contributed by atoms with Gasteiger partial charge in [0.25, 0.3) is 5.91 Å². The number of β-amino-alcohol motifs (C(OH)–C–C–N with tert-alkyl or cyclic N) is 1. The molecular formula is C25H28ClF3N6O5. The van der Waals surface area contributed by atoms with Crippen LogP contribution in [0.1, 0.15) is 47.8 Å². The van der Waals surface area contributed by atoms with E-state index in [1.807, 2.05) is 0 Å². The maximum atomic E-state index is 13.6. The summed E-state index contributed by atoms with van der Waals surface area (Å²) in [5, 5.41) is 29.4. The van der Waals surface area contributed by atoms with Crippen molar-refractivity contribution in [3.05, 3.63) is 58.4 Å². The Bertz CT molecular complexity index is 1300. The Kier molecular flexibility index (Phi) is 9.58. The molecule has 0 saturated heterocycles. The molecule has 2 atom stereocenters. The lowest BCUT2D eigenvalue weighted by Crippen LogP contribution is -2.42. The molecule has 11 nitrogen and oxygen atoms in total. The second-order valence-corrected chi connectivity index (χ2v) is 10.0. The predicted octanol–water partition coefficient (Wildman–Crippen LogP) is 2.37. The lowest BCUT2D eigenvalue weighted by molar-refractivity contribution is -0.180. The topological polar surface area (TPSA) is 165 Å². The molecule has 0 saturated carbocycles. The molecule has 0 bridgehead atoms. The number of anilines is 1. The van der Waals surface area contributed by atoms with E-state index in [9.17, 15) is 37.8 Å². The molecule has 1 aromatic heterocycles. The van der Waals surface area contributed by atoms with Crippen LogP contribution in [-0.4, -0.2) is 70.9 Å². The van der Waals surface area contributed by atoms with Crippen LogP contribution in [0.4, 0.5) is 18.9 Å². The zero-order valence-corrected chi connectivity index (χ0v) is 22.2. The molecule has 0 spiro atoms. The van der Waals surface area contributed by atoms with Gasteiger partial charge in [-0.05, 0) is 43.2 Å². The predicted molar refractivity (Wildman–Crippen MR) is 140 cm³/mol. The van der Waals surface area contributed by atoms with Crippen LogP contribution in [-0.2, 0) is 15.0 Å². The number of rotatable bonds is 9. The Morgan fingerprint density at radius 1 is 1.18 bits per heavy atom. The molecule has 2 amide bonds. The molecule has 15 heteroatoms. The van der Waals surface area contributed by atoms with Gasteiger partial charge in [-0.15, -0.1) is 0 Å². The number of hydrogen-bond acceptors (Lipinski definition) is 8. The summed E-state index contributed by atoms with van der Waals surface area (Å²) in [6.07, 6.45) is -3.15. The summed E-state index contributed by atoms with van der Waals surface area (Å²) in [4.78, 5) is 44.8. The zero-order chi connectivity index (χ0) is 29.7. The van der Waals surface area contributed by atoms with Crippen molar-refractivity contribution < 1.29 is 37.8 Å². The van der Waals surface area contributed by atoms with Crippen molar-refractivity contribution in [1.82, 2.24) is 20.9 Å². The second-order valence-electron chi connectivity index (χ2n) is 9.61. The minimum atomic E-state index is -4.62. The smallest absolute Gasteiger partial charge is 0.397 e. The average molecular weight is 585 g/mol. The normalized spacial score (nSPS) is 16.3. The number of carboxylic acids is 1. The summed E-state index contributed by atoms with van der Waals surface area (Å²) in [7, 11) is 0. The molecule has 3 rings (SSSR count). The Labute approximate surface area is 232 Å². The number of aliphatic hydroxyl groups is 1. The van der Waals surface area contributed by atoms with Gasteiger partial charge in [0.15, 0.2) is 5.96 Å². The van der Waals surface area contributed by atoms with E-state index in [0.29, 0.717) is 18.2 Å². The second kappa shape index (κ2) is 12.5. The van der Waals surface area contributed by atoms with Gasteiger partial charge in [0.2, 0.25) is 5.91 Å². The molecular weight excluding hydrogens is 557 g/mol. The fourth-order valence-corrected chi connectivity index (χ4v) is 3.90. The first kappa shape index (κ1) is 30.6. The van der Waals surface area contributed by atoms with Crippen molar-refractivity contribution in [3.8, 4) is 0 Å². The number of hydrogen-bond donors (Lipinski definition) is 6. The number of carbonyl (C=O) groups is 3. The van der Waals surface area contributed by atoms with Gasteiger partial charge < -0.3 is 31.5 Å². The molecule has 216 valence electrons. The van der Waals surface area contributed by atoms with Crippen molar-refractivity contribution in [3.63, 3.8) is 0 Å². The van der Waals surface area contributed by atoms with Gasteiger partial charge in [-0.2, -0.15) is 13.2 Å². The maximum Gasteiger partial charge on any atom is 0.397 e. The number of aliphatic imine (C=N–C) groups is 1. The van der Waals surface area contributed by atoms with E-state index in [1.54, 1.807) is 0 Å². The SMILES string of the molecule is CC(C)(c1cc(Cl)cc(C(CC(=O)O)NC(=O)CNC(=O)c2cncc(NC3=NCC(O)CN3)c2)c1)C(F)(F)F. The number of nitrogens with one attached hydrogen (secondary N) is 4. The number of halogens is 4. The van der Waals surface area contributed by atoms with Crippen LogP contribution >= 0.6 is 11.6 Å². The Hall–Kier alpha value is -3.91. The fourth-order valence-electron chi connectivity index (χ4n) is 3.66. The van der Waals surface area contributed by atoms with Crippen LogP contribution < -0.4 is 21.3 Å². The minimum Gasteiger partial charge on any atom is -0.481 e. The van der Waals surface area contributed by atoms with Crippen LogP contribution in [0.15, 0.2) is 41.7 Å². The molecule has 0 radical (unpaired) electrons. The van der Waals surface area contributed by atoms with Gasteiger partial charge in [-0.1, -0.05) is 17.7 Å². The lowest BCUT2D eigenvalue weighted by Gasteiger charge is -2.29. The largest absolute Gasteiger partial charge is 0.481 e. The average Bonchev–Trinajstić information content (AvgIpc) is 2.87. The van der Waals surface area contributed by atoms with Crippen molar-refractivity contribution in [2.24, 2.45) is 4.99 Å². The first-order valence-electron chi connectivity index (χ1n) is 12.0. The van der Waals surface area contributed by atoms with E-state index >= 15 is 0 Å². The fraction of sp³-hybridized carbons (Fsp3) is 0.400. The summed E-state index contributed by atoms with van der Waals surface area (Å²) in [5.74, 6) is -2.37. The van der Waals surface area contributed by atoms with Gasteiger partial charge in [0, 0.05) is 17.8 Å². The number of guanidine groups is 1. The summed E-state index contributed by atoms with van der Waals surface area (Å²) >= 11 is 6.06. The Morgan fingerprint density at radius 2 is 1.90 bits per heavy atom. The van der Waals surface area contributed by atoms with Crippen molar-refractivity contribution in [2.45, 2.75) is 44.0 Å². The number of aliphatic hydroxyl groups excluding tert-OH is 1. The molecule has 6 N–H and O–H groups in total. The summed E-state index contributed by atoms with van der Waals surface area (Å²) in [6.45, 7) is 1.88. The van der Waals surface area contributed by atoms with E-state index in [1.165, 1.54) is 24.5 Å². The maximum absolute atomic E-state index is 13.6. The van der Waals surface area contributed by atoms with Gasteiger partial charge in [-0.25, -0.2) is 0 Å². The van der Waals surface area contributed by atoms with Crippen LogP contribution in [0, 0.1) is 0 Å². The number of carbonyl (C=O) groups excluding carboxylic acids is 2. The monoisotopic (exact) mass is 584 g/mol.